The number of hydrogen-bond acceptors (Lipinski definition) is 3. The van der Waals surface area contributed by atoms with Gasteiger partial charge in [-0.1, -0.05) is 6.92 Å². The molecule has 4 heteroatoms. The minimum atomic E-state index is 0.119. The van der Waals surface area contributed by atoms with Crippen LogP contribution in [-0.2, 0) is 9.53 Å². The predicted molar refractivity (Wildman–Crippen MR) is 62.2 cm³/mol. The molecule has 1 saturated heterocycles. The van der Waals surface area contributed by atoms with Crippen LogP contribution in [0, 0.1) is 5.92 Å². The minimum absolute atomic E-state index is 0.119. The summed E-state index contributed by atoms with van der Waals surface area (Å²) < 4.78 is 5.59. The van der Waals surface area contributed by atoms with E-state index in [0.717, 1.165) is 26.0 Å². The van der Waals surface area contributed by atoms with Crippen LogP contribution in [0.25, 0.3) is 0 Å². The summed E-state index contributed by atoms with van der Waals surface area (Å²) in [5, 5.41) is 6.20. The van der Waals surface area contributed by atoms with Crippen LogP contribution in [0.15, 0.2) is 0 Å². The van der Waals surface area contributed by atoms with Crippen molar-refractivity contribution < 1.29 is 9.53 Å². The summed E-state index contributed by atoms with van der Waals surface area (Å²) in [6.45, 7) is 4.22. The molecule has 1 heterocycles. The van der Waals surface area contributed by atoms with E-state index < -0.39 is 0 Å². The monoisotopic (exact) mass is 226 g/mol. The van der Waals surface area contributed by atoms with Crippen molar-refractivity contribution in [2.45, 2.75) is 44.8 Å². The smallest absolute Gasteiger partial charge is 0.233 e. The fraction of sp³-hybridized carbons (Fsp3) is 0.917. The van der Waals surface area contributed by atoms with Crippen LogP contribution in [-0.4, -0.2) is 37.7 Å². The Morgan fingerprint density at radius 2 is 2.19 bits per heavy atom. The van der Waals surface area contributed by atoms with Gasteiger partial charge in [0.25, 0.3) is 0 Å². The van der Waals surface area contributed by atoms with Crippen LogP contribution >= 0.6 is 0 Å². The van der Waals surface area contributed by atoms with Crippen molar-refractivity contribution in [3.8, 4) is 0 Å². The van der Waals surface area contributed by atoms with Gasteiger partial charge in [-0.05, 0) is 25.7 Å². The largest absolute Gasteiger partial charge is 0.378 e. The second-order valence-electron chi connectivity index (χ2n) is 4.83. The van der Waals surface area contributed by atoms with E-state index in [1.54, 1.807) is 0 Å². The van der Waals surface area contributed by atoms with E-state index >= 15 is 0 Å². The van der Waals surface area contributed by atoms with Crippen molar-refractivity contribution in [3.63, 3.8) is 0 Å². The molecule has 1 amide bonds. The molecular formula is C12H22N2O2. The molecule has 1 aliphatic heterocycles. The first-order valence-electron chi connectivity index (χ1n) is 6.41. The first kappa shape index (κ1) is 11.9. The van der Waals surface area contributed by atoms with Gasteiger partial charge in [0.2, 0.25) is 5.91 Å². The lowest BCUT2D eigenvalue weighted by atomic mass is 10.00. The SMILES string of the molecule is CCC1OCCC1CNC(=O)CNC1CC1. The van der Waals surface area contributed by atoms with Gasteiger partial charge in [-0.25, -0.2) is 0 Å². The molecule has 0 spiro atoms. The molecule has 2 N–H and O–H groups in total. The highest BCUT2D eigenvalue weighted by Crippen LogP contribution is 2.22. The first-order valence-corrected chi connectivity index (χ1v) is 6.41. The Hall–Kier alpha value is -0.610. The normalized spacial score (nSPS) is 29.3. The second kappa shape index (κ2) is 5.64. The summed E-state index contributed by atoms with van der Waals surface area (Å²) in [6, 6.07) is 0.601. The van der Waals surface area contributed by atoms with Crippen molar-refractivity contribution in [2.75, 3.05) is 19.7 Å². The summed E-state index contributed by atoms with van der Waals surface area (Å²) in [7, 11) is 0. The standard InChI is InChI=1S/C12H22N2O2/c1-2-11-9(5-6-16-11)7-14-12(15)8-13-10-3-4-10/h9-11,13H,2-8H2,1H3,(H,14,15). The summed E-state index contributed by atoms with van der Waals surface area (Å²) in [5.41, 5.74) is 0. The van der Waals surface area contributed by atoms with Gasteiger partial charge < -0.3 is 15.4 Å². The van der Waals surface area contributed by atoms with Crippen molar-refractivity contribution in [2.24, 2.45) is 5.92 Å². The van der Waals surface area contributed by atoms with E-state index in [1.165, 1.54) is 12.8 Å². The molecule has 1 saturated carbocycles. The summed E-state index contributed by atoms with van der Waals surface area (Å²) >= 11 is 0. The number of carbonyl (C=O) groups is 1. The summed E-state index contributed by atoms with van der Waals surface area (Å²) in [5.74, 6) is 0.628. The van der Waals surface area contributed by atoms with Gasteiger partial charge in [-0.2, -0.15) is 0 Å². The minimum Gasteiger partial charge on any atom is -0.378 e. The van der Waals surface area contributed by atoms with Gasteiger partial charge in [-0.3, -0.25) is 4.79 Å². The molecule has 0 aromatic heterocycles. The van der Waals surface area contributed by atoms with Gasteiger partial charge >= 0.3 is 0 Å². The third-order valence-electron chi connectivity index (χ3n) is 3.44. The molecule has 0 bridgehead atoms. The van der Waals surface area contributed by atoms with Crippen LogP contribution in [0.5, 0.6) is 0 Å². The van der Waals surface area contributed by atoms with Crippen LogP contribution in [0.2, 0.25) is 0 Å². The molecular weight excluding hydrogens is 204 g/mol. The zero-order chi connectivity index (χ0) is 11.4. The number of carbonyl (C=O) groups excluding carboxylic acids is 1. The average molecular weight is 226 g/mol. The maximum atomic E-state index is 11.5. The zero-order valence-electron chi connectivity index (χ0n) is 10.00. The van der Waals surface area contributed by atoms with Crippen LogP contribution < -0.4 is 10.6 Å². The third kappa shape index (κ3) is 3.46. The lowest BCUT2D eigenvalue weighted by molar-refractivity contribution is -0.120. The Labute approximate surface area is 97.1 Å². The van der Waals surface area contributed by atoms with Crippen LogP contribution in [0.4, 0.5) is 0 Å². The molecule has 0 aromatic rings. The van der Waals surface area contributed by atoms with Crippen LogP contribution in [0.3, 0.4) is 0 Å². The maximum Gasteiger partial charge on any atom is 0.233 e. The van der Waals surface area contributed by atoms with E-state index in [1.807, 2.05) is 0 Å². The molecule has 2 rings (SSSR count). The number of ether oxygens (including phenoxy) is 1. The van der Waals surface area contributed by atoms with Crippen molar-refractivity contribution in [1.29, 1.82) is 0 Å². The van der Waals surface area contributed by atoms with Crippen molar-refractivity contribution >= 4 is 5.91 Å². The topological polar surface area (TPSA) is 50.4 Å². The summed E-state index contributed by atoms with van der Waals surface area (Å²) in [4.78, 5) is 11.5. The molecule has 4 nitrogen and oxygen atoms in total. The number of hydrogen-bond donors (Lipinski definition) is 2. The van der Waals surface area contributed by atoms with E-state index in [9.17, 15) is 4.79 Å². The molecule has 2 fully saturated rings. The molecule has 16 heavy (non-hydrogen) atoms. The Balaban J connectivity index is 1.59. The molecule has 2 aliphatic rings. The number of rotatable bonds is 6. The average Bonchev–Trinajstić information content (AvgIpc) is 3.01. The van der Waals surface area contributed by atoms with Gasteiger partial charge in [0.15, 0.2) is 0 Å². The van der Waals surface area contributed by atoms with E-state index in [-0.39, 0.29) is 5.91 Å². The molecule has 0 radical (unpaired) electrons. The van der Waals surface area contributed by atoms with E-state index in [2.05, 4.69) is 17.6 Å². The number of amides is 1. The molecule has 92 valence electrons. The van der Waals surface area contributed by atoms with Crippen molar-refractivity contribution in [1.82, 2.24) is 10.6 Å². The predicted octanol–water partition coefficient (Wildman–Crippen LogP) is 0.670. The Kier molecular flexibility index (Phi) is 4.18. The highest BCUT2D eigenvalue weighted by Gasteiger charge is 2.27. The fourth-order valence-corrected chi connectivity index (χ4v) is 2.21. The Morgan fingerprint density at radius 1 is 1.38 bits per heavy atom. The van der Waals surface area contributed by atoms with E-state index in [4.69, 9.17) is 4.74 Å². The van der Waals surface area contributed by atoms with Crippen molar-refractivity contribution in [3.05, 3.63) is 0 Å². The van der Waals surface area contributed by atoms with Gasteiger partial charge in [0, 0.05) is 25.1 Å². The molecule has 2 atom stereocenters. The Morgan fingerprint density at radius 3 is 2.88 bits per heavy atom. The van der Waals surface area contributed by atoms with E-state index in [0.29, 0.717) is 24.6 Å². The lowest BCUT2D eigenvalue weighted by Crippen LogP contribution is -2.38. The summed E-state index contributed by atoms with van der Waals surface area (Å²) in [6.07, 6.45) is 4.91. The fourth-order valence-electron chi connectivity index (χ4n) is 2.21. The Bertz CT molecular complexity index is 241. The van der Waals surface area contributed by atoms with Gasteiger partial charge in [0.05, 0.1) is 12.6 Å². The third-order valence-corrected chi connectivity index (χ3v) is 3.44. The van der Waals surface area contributed by atoms with Gasteiger partial charge in [-0.15, -0.1) is 0 Å². The lowest BCUT2D eigenvalue weighted by Gasteiger charge is -2.17. The zero-order valence-corrected chi connectivity index (χ0v) is 10.00. The molecule has 2 unspecified atom stereocenters. The van der Waals surface area contributed by atoms with Gasteiger partial charge in [0.1, 0.15) is 0 Å². The molecule has 0 aromatic carbocycles. The first-order chi connectivity index (χ1) is 7.79. The quantitative estimate of drug-likeness (QED) is 0.700. The highest BCUT2D eigenvalue weighted by atomic mass is 16.5. The molecule has 1 aliphatic carbocycles. The van der Waals surface area contributed by atoms with Crippen LogP contribution in [0.1, 0.15) is 32.6 Å². The number of nitrogens with one attached hydrogen (secondary N) is 2. The second-order valence-corrected chi connectivity index (χ2v) is 4.83. The maximum absolute atomic E-state index is 11.5. The highest BCUT2D eigenvalue weighted by molar-refractivity contribution is 5.78.